The molecule has 8 nitrogen and oxygen atoms in total. The molecule has 1 aliphatic rings. The van der Waals surface area contributed by atoms with Gasteiger partial charge in [0.15, 0.2) is 11.5 Å². The maximum absolute atomic E-state index is 14.0. The van der Waals surface area contributed by atoms with Gasteiger partial charge in [0.2, 0.25) is 0 Å². The van der Waals surface area contributed by atoms with E-state index in [-0.39, 0.29) is 18.7 Å². The molecule has 196 valence electrons. The second kappa shape index (κ2) is 12.1. The van der Waals surface area contributed by atoms with Gasteiger partial charge in [-0.3, -0.25) is 19.8 Å². The summed E-state index contributed by atoms with van der Waals surface area (Å²) in [6, 6.07) is 17.3. The van der Waals surface area contributed by atoms with Crippen LogP contribution < -0.4 is 19.5 Å². The number of ether oxygens (including phenoxy) is 3. The van der Waals surface area contributed by atoms with Crippen LogP contribution in [0.2, 0.25) is 0 Å². The molecule has 3 aromatic rings. The van der Waals surface area contributed by atoms with Crippen LogP contribution in [0.1, 0.15) is 30.0 Å². The lowest BCUT2D eigenvalue weighted by Gasteiger charge is -2.26. The van der Waals surface area contributed by atoms with Gasteiger partial charge in [0.05, 0.1) is 20.3 Å². The highest BCUT2D eigenvalue weighted by Crippen LogP contribution is 2.30. The molecule has 38 heavy (non-hydrogen) atoms. The molecule has 0 aromatic heterocycles. The molecule has 1 fully saturated rings. The zero-order valence-electron chi connectivity index (χ0n) is 21.0. The fourth-order valence-electron chi connectivity index (χ4n) is 3.82. The highest BCUT2D eigenvalue weighted by Gasteiger charge is 2.36. The number of benzene rings is 3. The number of carbonyl (C=O) groups is 3. The smallest absolute Gasteiger partial charge is 0.331 e. The number of urea groups is 1. The maximum Gasteiger partial charge on any atom is 0.331 e. The van der Waals surface area contributed by atoms with E-state index in [9.17, 15) is 18.8 Å². The molecule has 0 radical (unpaired) electrons. The van der Waals surface area contributed by atoms with Crippen LogP contribution in [0.4, 0.5) is 9.18 Å². The van der Waals surface area contributed by atoms with Crippen LogP contribution in [0.15, 0.2) is 72.3 Å². The molecule has 1 saturated heterocycles. The molecule has 0 aliphatic carbocycles. The molecule has 0 atom stereocenters. The third kappa shape index (κ3) is 6.00. The van der Waals surface area contributed by atoms with Gasteiger partial charge < -0.3 is 14.2 Å². The first-order valence-corrected chi connectivity index (χ1v) is 12.0. The second-order valence-electron chi connectivity index (χ2n) is 8.46. The predicted octanol–water partition coefficient (Wildman–Crippen LogP) is 4.86. The average Bonchev–Trinajstić information content (AvgIpc) is 2.92. The minimum atomic E-state index is -0.827. The Morgan fingerprint density at radius 2 is 1.68 bits per heavy atom. The van der Waals surface area contributed by atoms with Gasteiger partial charge in [0, 0.05) is 11.1 Å². The molecule has 4 amide bonds. The monoisotopic (exact) mass is 518 g/mol. The molecule has 0 saturated carbocycles. The zero-order valence-corrected chi connectivity index (χ0v) is 21.0. The fraction of sp³-hybridized carbons (Fsp3) is 0.207. The van der Waals surface area contributed by atoms with Gasteiger partial charge in [-0.05, 0) is 42.3 Å². The number of rotatable bonds is 10. The van der Waals surface area contributed by atoms with Crippen molar-refractivity contribution >= 4 is 23.9 Å². The Labute approximate surface area is 219 Å². The van der Waals surface area contributed by atoms with E-state index in [0.29, 0.717) is 40.5 Å². The zero-order chi connectivity index (χ0) is 27.1. The Hall–Kier alpha value is -4.66. The van der Waals surface area contributed by atoms with Crippen molar-refractivity contribution in [3.63, 3.8) is 0 Å². The molecule has 9 heteroatoms. The lowest BCUT2D eigenvalue weighted by Crippen LogP contribution is -2.53. The number of methoxy groups -OCH3 is 1. The predicted molar refractivity (Wildman–Crippen MR) is 138 cm³/mol. The summed E-state index contributed by atoms with van der Waals surface area (Å²) in [5.41, 5.74) is 1.16. The van der Waals surface area contributed by atoms with E-state index < -0.39 is 23.7 Å². The number of halogens is 1. The Bertz CT molecular complexity index is 1390. The normalized spacial score (nSPS) is 14.4. The average molecular weight is 519 g/mol. The second-order valence-corrected chi connectivity index (χ2v) is 8.46. The number of nitrogens with zero attached hydrogens (tertiary/aromatic N) is 1. The summed E-state index contributed by atoms with van der Waals surface area (Å²) in [7, 11) is 1.50. The number of hydrogen-bond acceptors (Lipinski definition) is 6. The number of imide groups is 2. The highest BCUT2D eigenvalue weighted by atomic mass is 19.1. The molecule has 4 rings (SSSR count). The summed E-state index contributed by atoms with van der Waals surface area (Å²) < 4.78 is 30.8. The van der Waals surface area contributed by atoms with Crippen molar-refractivity contribution in [2.24, 2.45) is 0 Å². The lowest BCUT2D eigenvalue weighted by molar-refractivity contribution is -0.130. The fourth-order valence-corrected chi connectivity index (χ4v) is 3.82. The number of para-hydroxylation sites is 1. The van der Waals surface area contributed by atoms with Crippen LogP contribution in [0.25, 0.3) is 6.08 Å². The molecule has 3 aromatic carbocycles. The Morgan fingerprint density at radius 3 is 2.45 bits per heavy atom. The standard InChI is InChI=1S/C29H27FN2O6/c1-3-14-37-25-13-12-19(15-26(25)36-2)17-32-28(34)22(27(33)31-29(32)35)16-20-8-5-7-11-24(20)38-18-21-9-4-6-10-23(21)30/h4-13,15-16H,3,14,17-18H2,1-2H3,(H,31,33,35)/b22-16+. The van der Waals surface area contributed by atoms with Crippen molar-refractivity contribution in [3.8, 4) is 17.2 Å². The van der Waals surface area contributed by atoms with Gasteiger partial charge in [-0.2, -0.15) is 0 Å². The molecule has 0 unspecified atom stereocenters. The number of nitrogens with one attached hydrogen (secondary N) is 1. The Balaban J connectivity index is 1.56. The molecule has 0 spiro atoms. The molecule has 1 aliphatic heterocycles. The minimum Gasteiger partial charge on any atom is -0.493 e. The minimum absolute atomic E-state index is 0.0442. The number of amides is 4. The van der Waals surface area contributed by atoms with Crippen LogP contribution >= 0.6 is 0 Å². The van der Waals surface area contributed by atoms with Crippen molar-refractivity contribution in [2.45, 2.75) is 26.5 Å². The van der Waals surface area contributed by atoms with E-state index in [4.69, 9.17) is 14.2 Å². The van der Waals surface area contributed by atoms with E-state index in [0.717, 1.165) is 11.3 Å². The summed E-state index contributed by atoms with van der Waals surface area (Å²) in [5.74, 6) is -0.613. The topological polar surface area (TPSA) is 94.2 Å². The van der Waals surface area contributed by atoms with E-state index >= 15 is 0 Å². The van der Waals surface area contributed by atoms with Gasteiger partial charge >= 0.3 is 6.03 Å². The van der Waals surface area contributed by atoms with Crippen molar-refractivity contribution in [1.82, 2.24) is 10.2 Å². The van der Waals surface area contributed by atoms with Crippen molar-refractivity contribution in [3.05, 3.63) is 94.8 Å². The maximum atomic E-state index is 14.0. The summed E-state index contributed by atoms with van der Waals surface area (Å²) in [4.78, 5) is 39.4. The Kier molecular flexibility index (Phi) is 8.37. The van der Waals surface area contributed by atoms with Crippen LogP contribution in [0.3, 0.4) is 0 Å². The Morgan fingerprint density at radius 1 is 0.921 bits per heavy atom. The van der Waals surface area contributed by atoms with Crippen LogP contribution in [-0.4, -0.2) is 36.5 Å². The largest absolute Gasteiger partial charge is 0.493 e. The third-order valence-electron chi connectivity index (χ3n) is 5.78. The van der Waals surface area contributed by atoms with Gasteiger partial charge in [0.25, 0.3) is 11.8 Å². The van der Waals surface area contributed by atoms with Gasteiger partial charge in [-0.25, -0.2) is 9.18 Å². The number of carbonyl (C=O) groups excluding carboxylic acids is 3. The van der Waals surface area contributed by atoms with E-state index in [1.165, 1.54) is 19.3 Å². The molecular formula is C29H27FN2O6. The van der Waals surface area contributed by atoms with Crippen LogP contribution in [-0.2, 0) is 22.7 Å². The number of barbiturate groups is 1. The first-order chi connectivity index (χ1) is 18.4. The van der Waals surface area contributed by atoms with Gasteiger partial charge in [-0.15, -0.1) is 0 Å². The summed E-state index contributed by atoms with van der Waals surface area (Å²) >= 11 is 0. The highest BCUT2D eigenvalue weighted by molar-refractivity contribution is 6.31. The molecule has 1 heterocycles. The SMILES string of the molecule is CCCOc1ccc(CN2C(=O)NC(=O)/C(=C\c3ccccc3OCc3ccccc3F)C2=O)cc1OC. The number of hydrogen-bond donors (Lipinski definition) is 1. The summed E-state index contributed by atoms with van der Waals surface area (Å²) in [6.45, 7) is 2.37. The molecule has 1 N–H and O–H groups in total. The van der Waals surface area contributed by atoms with Crippen molar-refractivity contribution < 1.29 is 33.0 Å². The van der Waals surface area contributed by atoms with Crippen molar-refractivity contribution in [1.29, 1.82) is 0 Å². The quantitative estimate of drug-likeness (QED) is 0.304. The lowest BCUT2D eigenvalue weighted by atomic mass is 10.1. The molecular weight excluding hydrogens is 491 g/mol. The third-order valence-corrected chi connectivity index (χ3v) is 5.78. The van der Waals surface area contributed by atoms with E-state index in [2.05, 4.69) is 5.32 Å². The van der Waals surface area contributed by atoms with Crippen LogP contribution in [0.5, 0.6) is 17.2 Å². The van der Waals surface area contributed by atoms with Crippen molar-refractivity contribution in [2.75, 3.05) is 13.7 Å². The summed E-state index contributed by atoms with van der Waals surface area (Å²) in [5, 5.41) is 2.22. The molecule has 0 bridgehead atoms. The first kappa shape index (κ1) is 26.4. The van der Waals surface area contributed by atoms with Crippen LogP contribution in [0, 0.1) is 5.82 Å². The van der Waals surface area contributed by atoms with Gasteiger partial charge in [0.1, 0.15) is 23.7 Å². The summed E-state index contributed by atoms with van der Waals surface area (Å²) in [6.07, 6.45) is 2.18. The first-order valence-electron chi connectivity index (χ1n) is 12.0. The van der Waals surface area contributed by atoms with E-state index in [1.807, 2.05) is 6.92 Å². The van der Waals surface area contributed by atoms with Gasteiger partial charge in [-0.1, -0.05) is 49.4 Å². The van der Waals surface area contributed by atoms with E-state index in [1.54, 1.807) is 60.7 Å².